The summed E-state index contributed by atoms with van der Waals surface area (Å²) in [6.07, 6.45) is 0. The van der Waals surface area contributed by atoms with Crippen LogP contribution in [-0.2, 0) is 9.59 Å². The first kappa shape index (κ1) is 17.1. The smallest absolute Gasteiger partial charge is 0.308 e. The van der Waals surface area contributed by atoms with Gasteiger partial charge in [-0.25, -0.2) is 0 Å². The number of carboxylic acid groups (broad SMARTS) is 1. The van der Waals surface area contributed by atoms with Gasteiger partial charge in [0.25, 0.3) is 11.8 Å². The number of aliphatic carboxylic acids is 1. The van der Waals surface area contributed by atoms with Crippen LogP contribution in [0, 0.1) is 5.92 Å². The summed E-state index contributed by atoms with van der Waals surface area (Å²) in [7, 11) is 0. The summed E-state index contributed by atoms with van der Waals surface area (Å²) in [4.78, 5) is 37.7. The van der Waals surface area contributed by atoms with Crippen LogP contribution < -0.4 is 10.1 Å². The Hall–Kier alpha value is -3.35. The lowest BCUT2D eigenvalue weighted by molar-refractivity contribution is -0.141. The number of hydrogen-bond acceptors (Lipinski definition) is 4. The van der Waals surface area contributed by atoms with Gasteiger partial charge in [0, 0.05) is 24.6 Å². The molecule has 2 aromatic rings. The van der Waals surface area contributed by atoms with E-state index in [1.807, 2.05) is 30.3 Å². The number of fused-ring (bicyclic) bond motifs is 1. The number of rotatable bonds is 3. The predicted molar refractivity (Wildman–Crippen MR) is 96.8 cm³/mol. The van der Waals surface area contributed by atoms with E-state index in [0.717, 1.165) is 5.56 Å². The summed E-state index contributed by atoms with van der Waals surface area (Å²) < 4.78 is 5.30. The fourth-order valence-electron chi connectivity index (χ4n) is 3.66. The number of carbonyl (C=O) groups excluding carboxylic acids is 2. The Morgan fingerprint density at radius 2 is 1.89 bits per heavy atom. The molecule has 0 spiro atoms. The van der Waals surface area contributed by atoms with E-state index in [2.05, 4.69) is 5.32 Å². The first-order chi connectivity index (χ1) is 13.0. The van der Waals surface area contributed by atoms with Crippen molar-refractivity contribution in [3.8, 4) is 5.75 Å². The van der Waals surface area contributed by atoms with Crippen LogP contribution in [0.25, 0.3) is 0 Å². The molecule has 2 aromatic carbocycles. The fraction of sp³-hybridized carbons (Fsp3) is 0.250. The molecule has 2 amide bonds. The third-order valence-electron chi connectivity index (χ3n) is 5.01. The first-order valence-corrected chi connectivity index (χ1v) is 8.66. The summed E-state index contributed by atoms with van der Waals surface area (Å²) in [5, 5.41) is 12.3. The fourth-order valence-corrected chi connectivity index (χ4v) is 3.66. The number of likely N-dealkylation sites (tertiary alicyclic amines) is 1. The molecule has 2 atom stereocenters. The zero-order valence-electron chi connectivity index (χ0n) is 14.4. The van der Waals surface area contributed by atoms with Crippen molar-refractivity contribution >= 4 is 23.5 Å². The van der Waals surface area contributed by atoms with Crippen LogP contribution >= 0.6 is 0 Å². The van der Waals surface area contributed by atoms with Crippen LogP contribution in [0.5, 0.6) is 5.75 Å². The maximum absolute atomic E-state index is 12.9. The SMILES string of the molecule is O=C1COc2ccc(C(=O)N3CC(C(=O)O)C(c4ccccc4)C3)cc2N1. The lowest BCUT2D eigenvalue weighted by Crippen LogP contribution is -2.30. The minimum atomic E-state index is -0.912. The molecule has 27 heavy (non-hydrogen) atoms. The highest BCUT2D eigenvalue weighted by molar-refractivity contribution is 6.00. The molecule has 2 N–H and O–H groups in total. The van der Waals surface area contributed by atoms with Crippen LogP contribution in [0.15, 0.2) is 48.5 Å². The summed E-state index contributed by atoms with van der Waals surface area (Å²) >= 11 is 0. The summed E-state index contributed by atoms with van der Waals surface area (Å²) in [6, 6.07) is 14.2. The van der Waals surface area contributed by atoms with Gasteiger partial charge in [-0.05, 0) is 23.8 Å². The monoisotopic (exact) mass is 366 g/mol. The molecule has 2 aliphatic rings. The topological polar surface area (TPSA) is 95.9 Å². The van der Waals surface area contributed by atoms with Gasteiger partial charge in [-0.2, -0.15) is 0 Å². The summed E-state index contributed by atoms with van der Waals surface area (Å²) in [5.74, 6) is -1.85. The Balaban J connectivity index is 1.58. The molecule has 0 aromatic heterocycles. The zero-order valence-corrected chi connectivity index (χ0v) is 14.4. The quantitative estimate of drug-likeness (QED) is 0.866. The van der Waals surface area contributed by atoms with E-state index in [-0.39, 0.29) is 30.9 Å². The normalized spacial score (nSPS) is 21.2. The Kier molecular flexibility index (Phi) is 4.27. The van der Waals surface area contributed by atoms with Crippen molar-refractivity contribution < 1.29 is 24.2 Å². The first-order valence-electron chi connectivity index (χ1n) is 8.66. The standard InChI is InChI=1S/C20H18N2O5/c23-18-11-27-17-7-6-13(8-16(17)21-18)19(24)22-9-14(15(10-22)20(25)26)12-4-2-1-3-5-12/h1-8,14-15H,9-11H2,(H,21,23)(H,25,26). The molecule has 1 fully saturated rings. The van der Waals surface area contributed by atoms with E-state index in [9.17, 15) is 19.5 Å². The highest BCUT2D eigenvalue weighted by Crippen LogP contribution is 2.35. The largest absolute Gasteiger partial charge is 0.482 e. The van der Waals surface area contributed by atoms with Crippen molar-refractivity contribution in [2.24, 2.45) is 5.92 Å². The Morgan fingerprint density at radius 3 is 2.63 bits per heavy atom. The van der Waals surface area contributed by atoms with Gasteiger partial charge in [0.05, 0.1) is 11.6 Å². The molecule has 2 aliphatic heterocycles. The molecular weight excluding hydrogens is 348 g/mol. The number of anilines is 1. The van der Waals surface area contributed by atoms with Gasteiger partial charge in [0.2, 0.25) is 0 Å². The van der Waals surface area contributed by atoms with E-state index in [1.54, 1.807) is 23.1 Å². The highest BCUT2D eigenvalue weighted by Gasteiger charge is 2.40. The van der Waals surface area contributed by atoms with Crippen molar-refractivity contribution in [2.45, 2.75) is 5.92 Å². The maximum atomic E-state index is 12.9. The molecule has 0 bridgehead atoms. The molecule has 4 rings (SSSR count). The molecule has 138 valence electrons. The second-order valence-corrected chi connectivity index (χ2v) is 6.72. The zero-order chi connectivity index (χ0) is 19.0. The van der Waals surface area contributed by atoms with Crippen LogP contribution in [0.4, 0.5) is 5.69 Å². The van der Waals surface area contributed by atoms with E-state index in [4.69, 9.17) is 4.74 Å². The van der Waals surface area contributed by atoms with Crippen LogP contribution in [0.1, 0.15) is 21.8 Å². The van der Waals surface area contributed by atoms with Crippen molar-refractivity contribution in [3.05, 3.63) is 59.7 Å². The molecular formula is C20H18N2O5. The number of benzene rings is 2. The van der Waals surface area contributed by atoms with Gasteiger partial charge in [-0.3, -0.25) is 14.4 Å². The Bertz CT molecular complexity index is 912. The average molecular weight is 366 g/mol. The van der Waals surface area contributed by atoms with E-state index < -0.39 is 11.9 Å². The molecule has 7 nitrogen and oxygen atoms in total. The van der Waals surface area contributed by atoms with E-state index >= 15 is 0 Å². The number of ether oxygens (including phenoxy) is 1. The lowest BCUT2D eigenvalue weighted by Gasteiger charge is -2.20. The van der Waals surface area contributed by atoms with Crippen LogP contribution in [-0.4, -0.2) is 47.5 Å². The molecule has 2 heterocycles. The number of nitrogens with zero attached hydrogens (tertiary/aromatic N) is 1. The maximum Gasteiger partial charge on any atom is 0.308 e. The highest BCUT2D eigenvalue weighted by atomic mass is 16.5. The third-order valence-corrected chi connectivity index (χ3v) is 5.01. The molecule has 0 aliphatic carbocycles. The van der Waals surface area contributed by atoms with Gasteiger partial charge in [0.1, 0.15) is 5.75 Å². The average Bonchev–Trinajstić information content (AvgIpc) is 3.13. The summed E-state index contributed by atoms with van der Waals surface area (Å²) in [5.41, 5.74) is 1.74. The van der Waals surface area contributed by atoms with Crippen LogP contribution in [0.3, 0.4) is 0 Å². The third kappa shape index (κ3) is 3.23. The van der Waals surface area contributed by atoms with Gasteiger partial charge in [0.15, 0.2) is 6.61 Å². The second-order valence-electron chi connectivity index (χ2n) is 6.72. The molecule has 0 saturated carbocycles. The molecule has 0 radical (unpaired) electrons. The molecule has 7 heteroatoms. The Labute approximate surface area is 155 Å². The minimum absolute atomic E-state index is 0.0501. The molecule has 1 saturated heterocycles. The van der Waals surface area contributed by atoms with Gasteiger partial charge >= 0.3 is 5.97 Å². The van der Waals surface area contributed by atoms with Crippen molar-refractivity contribution in [2.75, 3.05) is 25.0 Å². The number of amides is 2. The van der Waals surface area contributed by atoms with Crippen molar-refractivity contribution in [3.63, 3.8) is 0 Å². The van der Waals surface area contributed by atoms with Gasteiger partial charge in [-0.1, -0.05) is 30.3 Å². The van der Waals surface area contributed by atoms with Gasteiger partial charge < -0.3 is 20.1 Å². The van der Waals surface area contributed by atoms with Crippen LogP contribution in [0.2, 0.25) is 0 Å². The minimum Gasteiger partial charge on any atom is -0.482 e. The number of carboxylic acids is 1. The number of carbonyl (C=O) groups is 3. The Morgan fingerprint density at radius 1 is 1.11 bits per heavy atom. The summed E-state index contributed by atoms with van der Waals surface area (Å²) in [6.45, 7) is 0.429. The lowest BCUT2D eigenvalue weighted by atomic mass is 9.89. The van der Waals surface area contributed by atoms with E-state index in [0.29, 0.717) is 23.5 Å². The van der Waals surface area contributed by atoms with E-state index in [1.165, 1.54) is 0 Å². The number of nitrogens with one attached hydrogen (secondary N) is 1. The number of hydrogen-bond donors (Lipinski definition) is 2. The van der Waals surface area contributed by atoms with Crippen molar-refractivity contribution in [1.29, 1.82) is 0 Å². The molecule has 2 unspecified atom stereocenters. The van der Waals surface area contributed by atoms with Crippen molar-refractivity contribution in [1.82, 2.24) is 4.90 Å². The van der Waals surface area contributed by atoms with Gasteiger partial charge in [-0.15, -0.1) is 0 Å². The predicted octanol–water partition coefficient (Wildman–Crippen LogP) is 1.96. The second kappa shape index (κ2) is 6.75.